The van der Waals surface area contributed by atoms with Crippen LogP contribution in [0.4, 0.5) is 10.6 Å². The largest absolute Gasteiger partial charge is 0.334 e. The molecule has 7 nitrogen and oxygen atoms in total. The van der Waals surface area contributed by atoms with Gasteiger partial charge in [0.1, 0.15) is 11.0 Å². The second-order valence-electron chi connectivity index (χ2n) is 6.04. The van der Waals surface area contributed by atoms with Gasteiger partial charge in [0, 0.05) is 42.8 Å². The Bertz CT molecular complexity index is 909. The minimum absolute atomic E-state index is 0.161. The number of carbonyl (C=O) groups is 1. The number of nitrogens with zero attached hydrogens (tertiary/aromatic N) is 4. The SMILES string of the molecule is O=C(NCc1ccc(Cl)nc1)N1CCCc2c(-c3ccncc3)n[nH]c21. The van der Waals surface area contributed by atoms with E-state index in [0.717, 1.165) is 41.0 Å². The first-order chi connectivity index (χ1) is 12.7. The van der Waals surface area contributed by atoms with Gasteiger partial charge >= 0.3 is 6.03 Å². The molecule has 0 bridgehead atoms. The first-order valence-corrected chi connectivity index (χ1v) is 8.73. The first-order valence-electron chi connectivity index (χ1n) is 8.36. The molecule has 3 aromatic rings. The number of fused-ring (bicyclic) bond motifs is 1. The number of hydrogen-bond donors (Lipinski definition) is 2. The highest BCUT2D eigenvalue weighted by Crippen LogP contribution is 2.33. The normalized spacial score (nSPS) is 13.3. The van der Waals surface area contributed by atoms with Gasteiger partial charge in [-0.3, -0.25) is 15.0 Å². The number of hydrogen-bond acceptors (Lipinski definition) is 4. The van der Waals surface area contributed by atoms with Gasteiger partial charge in [-0.2, -0.15) is 5.10 Å². The minimum atomic E-state index is -0.161. The number of aromatic amines is 1. The van der Waals surface area contributed by atoms with Crippen molar-refractivity contribution in [2.24, 2.45) is 0 Å². The fraction of sp³-hybridized carbons (Fsp3) is 0.222. The molecule has 0 aromatic carbocycles. The lowest BCUT2D eigenvalue weighted by molar-refractivity contribution is 0.245. The number of H-pyrrole nitrogens is 1. The molecule has 3 aromatic heterocycles. The lowest BCUT2D eigenvalue weighted by Crippen LogP contribution is -2.42. The summed E-state index contributed by atoms with van der Waals surface area (Å²) in [5.41, 5.74) is 3.82. The Balaban J connectivity index is 1.51. The number of rotatable bonds is 3. The molecule has 0 saturated heterocycles. The van der Waals surface area contributed by atoms with Crippen molar-refractivity contribution in [2.45, 2.75) is 19.4 Å². The van der Waals surface area contributed by atoms with Gasteiger partial charge in [-0.15, -0.1) is 0 Å². The number of carbonyl (C=O) groups excluding carboxylic acids is 1. The molecule has 0 atom stereocenters. The molecular formula is C18H17ClN6O. The van der Waals surface area contributed by atoms with Crippen molar-refractivity contribution < 1.29 is 4.79 Å². The summed E-state index contributed by atoms with van der Waals surface area (Å²) in [6.07, 6.45) is 6.91. The Kier molecular flexibility index (Phi) is 4.53. The fourth-order valence-electron chi connectivity index (χ4n) is 3.08. The van der Waals surface area contributed by atoms with Crippen LogP contribution in [0.3, 0.4) is 0 Å². The number of nitrogens with one attached hydrogen (secondary N) is 2. The summed E-state index contributed by atoms with van der Waals surface area (Å²) >= 11 is 5.78. The van der Waals surface area contributed by atoms with Crippen molar-refractivity contribution in [2.75, 3.05) is 11.4 Å². The van der Waals surface area contributed by atoms with E-state index in [0.29, 0.717) is 18.2 Å². The number of pyridine rings is 2. The Hall–Kier alpha value is -2.93. The van der Waals surface area contributed by atoms with Crippen LogP contribution in [0.15, 0.2) is 42.9 Å². The molecule has 132 valence electrons. The summed E-state index contributed by atoms with van der Waals surface area (Å²) in [4.78, 5) is 22.4. The Morgan fingerprint density at radius 1 is 1.27 bits per heavy atom. The van der Waals surface area contributed by atoms with E-state index < -0.39 is 0 Å². The molecule has 4 rings (SSSR count). The Labute approximate surface area is 155 Å². The third-order valence-corrected chi connectivity index (χ3v) is 4.58. The van der Waals surface area contributed by atoms with E-state index in [1.54, 1.807) is 29.6 Å². The van der Waals surface area contributed by atoms with Crippen LogP contribution < -0.4 is 10.2 Å². The van der Waals surface area contributed by atoms with E-state index in [4.69, 9.17) is 11.6 Å². The number of anilines is 1. The van der Waals surface area contributed by atoms with E-state index in [-0.39, 0.29) is 6.03 Å². The average molecular weight is 369 g/mol. The topological polar surface area (TPSA) is 86.8 Å². The maximum atomic E-state index is 12.7. The van der Waals surface area contributed by atoms with Crippen molar-refractivity contribution in [3.05, 3.63) is 59.1 Å². The van der Waals surface area contributed by atoms with Crippen molar-refractivity contribution >= 4 is 23.4 Å². The molecule has 1 aliphatic rings. The third kappa shape index (κ3) is 3.25. The maximum Gasteiger partial charge on any atom is 0.323 e. The molecule has 2 amide bonds. The zero-order chi connectivity index (χ0) is 17.9. The molecule has 0 saturated carbocycles. The first kappa shape index (κ1) is 16.5. The van der Waals surface area contributed by atoms with Crippen LogP contribution in [-0.2, 0) is 13.0 Å². The Morgan fingerprint density at radius 3 is 2.88 bits per heavy atom. The van der Waals surface area contributed by atoms with Gasteiger partial charge < -0.3 is 5.32 Å². The van der Waals surface area contributed by atoms with Gasteiger partial charge in [-0.1, -0.05) is 17.7 Å². The molecule has 1 aliphatic heterocycles. The monoisotopic (exact) mass is 368 g/mol. The quantitative estimate of drug-likeness (QED) is 0.695. The predicted molar refractivity (Wildman–Crippen MR) is 99.0 cm³/mol. The molecule has 4 heterocycles. The molecule has 0 spiro atoms. The minimum Gasteiger partial charge on any atom is -0.334 e. The van der Waals surface area contributed by atoms with Gasteiger partial charge in [-0.05, 0) is 36.6 Å². The van der Waals surface area contributed by atoms with Gasteiger partial charge in [0.25, 0.3) is 0 Å². The second-order valence-corrected chi connectivity index (χ2v) is 6.43. The highest BCUT2D eigenvalue weighted by molar-refractivity contribution is 6.29. The van der Waals surface area contributed by atoms with Gasteiger partial charge in [-0.25, -0.2) is 9.78 Å². The molecule has 0 unspecified atom stereocenters. The van der Waals surface area contributed by atoms with Crippen LogP contribution in [0.2, 0.25) is 5.15 Å². The molecule has 0 aliphatic carbocycles. The molecule has 8 heteroatoms. The average Bonchev–Trinajstić information content (AvgIpc) is 3.12. The number of aromatic nitrogens is 4. The molecule has 26 heavy (non-hydrogen) atoms. The molecule has 0 fully saturated rings. The van der Waals surface area contributed by atoms with Crippen LogP contribution in [0.5, 0.6) is 0 Å². The summed E-state index contributed by atoms with van der Waals surface area (Å²) in [5.74, 6) is 0.759. The van der Waals surface area contributed by atoms with E-state index in [1.807, 2.05) is 18.2 Å². The highest BCUT2D eigenvalue weighted by atomic mass is 35.5. The van der Waals surface area contributed by atoms with Crippen LogP contribution in [0, 0.1) is 0 Å². The lowest BCUT2D eigenvalue weighted by atomic mass is 10.0. The predicted octanol–water partition coefficient (Wildman–Crippen LogP) is 3.18. The molecule has 2 N–H and O–H groups in total. The summed E-state index contributed by atoms with van der Waals surface area (Å²) in [6.45, 7) is 1.04. The fourth-order valence-corrected chi connectivity index (χ4v) is 3.19. The number of urea groups is 1. The van der Waals surface area contributed by atoms with E-state index in [1.165, 1.54) is 0 Å². The van der Waals surface area contributed by atoms with Gasteiger partial charge in [0.2, 0.25) is 0 Å². The Morgan fingerprint density at radius 2 is 2.12 bits per heavy atom. The zero-order valence-electron chi connectivity index (χ0n) is 13.9. The summed E-state index contributed by atoms with van der Waals surface area (Å²) in [6, 6.07) is 7.23. The zero-order valence-corrected chi connectivity index (χ0v) is 14.7. The van der Waals surface area contributed by atoms with E-state index >= 15 is 0 Å². The van der Waals surface area contributed by atoms with E-state index in [2.05, 4.69) is 25.5 Å². The molecular weight excluding hydrogens is 352 g/mol. The van der Waals surface area contributed by atoms with Gasteiger partial charge in [0.15, 0.2) is 0 Å². The summed E-state index contributed by atoms with van der Waals surface area (Å²) < 4.78 is 0. The number of halogens is 1. The maximum absolute atomic E-state index is 12.7. The van der Waals surface area contributed by atoms with Crippen molar-refractivity contribution in [3.63, 3.8) is 0 Å². The third-order valence-electron chi connectivity index (χ3n) is 4.36. The smallest absolute Gasteiger partial charge is 0.323 e. The van der Waals surface area contributed by atoms with E-state index in [9.17, 15) is 4.79 Å². The van der Waals surface area contributed by atoms with Crippen LogP contribution in [-0.4, -0.2) is 32.7 Å². The number of amides is 2. The highest BCUT2D eigenvalue weighted by Gasteiger charge is 2.27. The summed E-state index contributed by atoms with van der Waals surface area (Å²) in [7, 11) is 0. The van der Waals surface area contributed by atoms with Crippen LogP contribution in [0.1, 0.15) is 17.5 Å². The lowest BCUT2D eigenvalue weighted by Gasteiger charge is -2.26. The van der Waals surface area contributed by atoms with Crippen molar-refractivity contribution in [1.29, 1.82) is 0 Å². The summed E-state index contributed by atoms with van der Waals surface area (Å²) in [5, 5.41) is 10.8. The standard InChI is InChI=1S/C18H17ClN6O/c19-15-4-3-12(10-21-15)11-22-18(26)25-9-1-2-14-16(23-24-17(14)25)13-5-7-20-8-6-13/h3-8,10H,1-2,9,11H2,(H,22,26)(H,23,24). The van der Waals surface area contributed by atoms with Crippen molar-refractivity contribution in [3.8, 4) is 11.3 Å². The van der Waals surface area contributed by atoms with Crippen molar-refractivity contribution in [1.82, 2.24) is 25.5 Å². The van der Waals surface area contributed by atoms with Crippen LogP contribution >= 0.6 is 11.6 Å². The van der Waals surface area contributed by atoms with Gasteiger partial charge in [0.05, 0.1) is 5.69 Å². The second kappa shape index (κ2) is 7.13. The van der Waals surface area contributed by atoms with Crippen LogP contribution in [0.25, 0.3) is 11.3 Å². The molecule has 0 radical (unpaired) electrons.